The number of anilines is 2. The molecule has 0 saturated carbocycles. The van der Waals surface area contributed by atoms with E-state index in [0.29, 0.717) is 18.0 Å². The first kappa shape index (κ1) is 19.0. The number of urea groups is 1. The average Bonchev–Trinajstić information content (AvgIpc) is 2.55. The highest BCUT2D eigenvalue weighted by atomic mass is 35.5. The van der Waals surface area contributed by atoms with Crippen molar-refractivity contribution < 1.29 is 9.53 Å². The van der Waals surface area contributed by atoms with Crippen LogP contribution in [0.1, 0.15) is 0 Å². The van der Waals surface area contributed by atoms with E-state index in [1.165, 1.54) is 12.4 Å². The van der Waals surface area contributed by atoms with Crippen LogP contribution in [0.2, 0.25) is 10.0 Å². The molecule has 8 nitrogen and oxygen atoms in total. The summed E-state index contributed by atoms with van der Waals surface area (Å²) in [7, 11) is 3.84. The van der Waals surface area contributed by atoms with Gasteiger partial charge in [-0.2, -0.15) is 0 Å². The molecule has 10 heteroatoms. The van der Waals surface area contributed by atoms with Gasteiger partial charge < -0.3 is 20.7 Å². The SMILES string of the molecule is CN(C)CCNC(=O)Nc1cc(Oc2ccc(N)c(Cl)c2Cl)ncn1. The maximum absolute atomic E-state index is 11.8. The largest absolute Gasteiger partial charge is 0.437 e. The summed E-state index contributed by atoms with van der Waals surface area (Å²) in [6.07, 6.45) is 1.26. The standard InChI is InChI=1S/C15H18Cl2N6O2/c1-23(2)6-5-19-15(24)22-11-7-12(21-8-20-11)25-10-4-3-9(18)13(16)14(10)17/h3-4,7-8H,5-6,18H2,1-2H3,(H2,19,20,21,22,24). The Bertz CT molecular complexity index is 757. The molecule has 0 spiro atoms. The van der Waals surface area contributed by atoms with Gasteiger partial charge in [0.2, 0.25) is 5.88 Å². The lowest BCUT2D eigenvalue weighted by Gasteiger charge is -2.12. The Morgan fingerprint density at radius 2 is 2.04 bits per heavy atom. The van der Waals surface area contributed by atoms with Crippen LogP contribution in [-0.4, -0.2) is 48.1 Å². The number of nitrogens with two attached hydrogens (primary N) is 1. The van der Waals surface area contributed by atoms with E-state index in [9.17, 15) is 4.79 Å². The zero-order valence-electron chi connectivity index (χ0n) is 13.7. The van der Waals surface area contributed by atoms with Gasteiger partial charge in [0.25, 0.3) is 0 Å². The van der Waals surface area contributed by atoms with Crippen LogP contribution in [0.25, 0.3) is 0 Å². The minimum Gasteiger partial charge on any atom is -0.437 e. The van der Waals surface area contributed by atoms with Gasteiger partial charge in [-0.25, -0.2) is 14.8 Å². The van der Waals surface area contributed by atoms with Gasteiger partial charge in [-0.3, -0.25) is 5.32 Å². The molecule has 2 amide bonds. The normalized spacial score (nSPS) is 10.6. The second kappa shape index (κ2) is 8.70. The molecular formula is C15H18Cl2N6O2. The molecule has 0 fully saturated rings. The number of aromatic nitrogens is 2. The number of nitrogens with zero attached hydrogens (tertiary/aromatic N) is 3. The monoisotopic (exact) mass is 384 g/mol. The summed E-state index contributed by atoms with van der Waals surface area (Å²) in [5.74, 6) is 0.771. The Balaban J connectivity index is 2.02. The third kappa shape index (κ3) is 5.63. The van der Waals surface area contributed by atoms with Gasteiger partial charge in [-0.1, -0.05) is 23.2 Å². The summed E-state index contributed by atoms with van der Waals surface area (Å²) in [6, 6.07) is 4.24. The molecule has 2 aromatic rings. The van der Waals surface area contributed by atoms with Crippen LogP contribution in [0.4, 0.5) is 16.3 Å². The van der Waals surface area contributed by atoms with E-state index in [-0.39, 0.29) is 27.8 Å². The number of carbonyl (C=O) groups is 1. The summed E-state index contributed by atoms with van der Waals surface area (Å²) in [6.45, 7) is 1.23. The second-order valence-electron chi connectivity index (χ2n) is 5.31. The molecular weight excluding hydrogens is 367 g/mol. The number of likely N-dealkylation sites (N-methyl/N-ethyl adjacent to an activating group) is 1. The maximum Gasteiger partial charge on any atom is 0.320 e. The van der Waals surface area contributed by atoms with Crippen molar-refractivity contribution in [3.8, 4) is 11.6 Å². The highest BCUT2D eigenvalue weighted by Crippen LogP contribution is 2.37. The van der Waals surface area contributed by atoms with E-state index < -0.39 is 0 Å². The van der Waals surface area contributed by atoms with E-state index in [4.69, 9.17) is 33.7 Å². The molecule has 0 aliphatic carbocycles. The van der Waals surface area contributed by atoms with Crippen LogP contribution in [0.5, 0.6) is 11.6 Å². The summed E-state index contributed by atoms with van der Waals surface area (Å²) < 4.78 is 5.58. The predicted molar refractivity (Wildman–Crippen MR) is 98.6 cm³/mol. The van der Waals surface area contributed by atoms with Gasteiger partial charge in [0, 0.05) is 19.2 Å². The third-order valence-corrected chi connectivity index (χ3v) is 3.90. The lowest BCUT2D eigenvalue weighted by atomic mass is 10.3. The van der Waals surface area contributed by atoms with Crippen molar-refractivity contribution >= 4 is 40.7 Å². The third-order valence-electron chi connectivity index (χ3n) is 3.02. The van der Waals surface area contributed by atoms with E-state index in [0.717, 1.165) is 6.54 Å². The molecule has 2 rings (SSSR count). The molecule has 0 radical (unpaired) electrons. The molecule has 0 saturated heterocycles. The first-order valence-electron chi connectivity index (χ1n) is 7.29. The molecule has 0 atom stereocenters. The minimum absolute atomic E-state index is 0.177. The molecule has 0 aliphatic heterocycles. The number of amides is 2. The maximum atomic E-state index is 11.8. The number of nitrogen functional groups attached to an aromatic ring is 1. The van der Waals surface area contributed by atoms with Gasteiger partial charge >= 0.3 is 6.03 Å². The highest BCUT2D eigenvalue weighted by Gasteiger charge is 2.12. The molecule has 134 valence electrons. The van der Waals surface area contributed by atoms with Crippen molar-refractivity contribution in [2.75, 3.05) is 38.2 Å². The Kier molecular flexibility index (Phi) is 6.63. The van der Waals surface area contributed by atoms with Gasteiger partial charge in [-0.15, -0.1) is 0 Å². The summed E-state index contributed by atoms with van der Waals surface area (Å²) >= 11 is 12.1. The zero-order valence-corrected chi connectivity index (χ0v) is 15.2. The summed E-state index contributed by atoms with van der Waals surface area (Å²) in [4.78, 5) is 21.7. The number of rotatable bonds is 6. The summed E-state index contributed by atoms with van der Waals surface area (Å²) in [5, 5.41) is 5.69. The topological polar surface area (TPSA) is 105 Å². The van der Waals surface area contributed by atoms with Crippen molar-refractivity contribution in [3.63, 3.8) is 0 Å². The van der Waals surface area contributed by atoms with E-state index in [2.05, 4.69) is 20.6 Å². The van der Waals surface area contributed by atoms with Crippen LogP contribution in [0.3, 0.4) is 0 Å². The van der Waals surface area contributed by atoms with E-state index >= 15 is 0 Å². The predicted octanol–water partition coefficient (Wildman–Crippen LogP) is 2.84. The fourth-order valence-electron chi connectivity index (χ4n) is 1.76. The van der Waals surface area contributed by atoms with E-state index in [1.54, 1.807) is 12.1 Å². The first-order valence-corrected chi connectivity index (χ1v) is 8.05. The van der Waals surface area contributed by atoms with Crippen molar-refractivity contribution in [1.29, 1.82) is 0 Å². The van der Waals surface area contributed by atoms with Gasteiger partial charge in [0.05, 0.1) is 10.7 Å². The van der Waals surface area contributed by atoms with Gasteiger partial charge in [0.1, 0.15) is 22.9 Å². The van der Waals surface area contributed by atoms with Crippen molar-refractivity contribution in [2.45, 2.75) is 0 Å². The fourth-order valence-corrected chi connectivity index (χ4v) is 2.12. The minimum atomic E-state index is -0.375. The number of nitrogens with one attached hydrogen (secondary N) is 2. The van der Waals surface area contributed by atoms with Crippen molar-refractivity contribution in [1.82, 2.24) is 20.2 Å². The Labute approximate surface area is 155 Å². The molecule has 0 unspecified atom stereocenters. The lowest BCUT2D eigenvalue weighted by molar-refractivity contribution is 0.250. The highest BCUT2D eigenvalue weighted by molar-refractivity contribution is 6.44. The van der Waals surface area contributed by atoms with Crippen molar-refractivity contribution in [2.24, 2.45) is 0 Å². The van der Waals surface area contributed by atoms with Crippen LogP contribution in [0.15, 0.2) is 24.5 Å². The number of ether oxygens (including phenoxy) is 1. The molecule has 1 heterocycles. The Hall–Kier alpha value is -2.29. The molecule has 25 heavy (non-hydrogen) atoms. The van der Waals surface area contributed by atoms with Crippen LogP contribution in [0, 0.1) is 0 Å². The van der Waals surface area contributed by atoms with E-state index in [1.807, 2.05) is 19.0 Å². The van der Waals surface area contributed by atoms with Gasteiger partial charge in [0.15, 0.2) is 0 Å². The molecule has 0 bridgehead atoms. The molecule has 4 N–H and O–H groups in total. The summed E-state index contributed by atoms with van der Waals surface area (Å²) in [5.41, 5.74) is 6.01. The average molecular weight is 385 g/mol. The first-order chi connectivity index (χ1) is 11.9. The number of halogens is 2. The van der Waals surface area contributed by atoms with Crippen molar-refractivity contribution in [3.05, 3.63) is 34.6 Å². The Morgan fingerprint density at radius 1 is 1.28 bits per heavy atom. The fraction of sp³-hybridized carbons (Fsp3) is 0.267. The van der Waals surface area contributed by atoms with Gasteiger partial charge in [-0.05, 0) is 26.2 Å². The molecule has 1 aromatic heterocycles. The lowest BCUT2D eigenvalue weighted by Crippen LogP contribution is -2.34. The zero-order chi connectivity index (χ0) is 18.4. The number of hydrogen-bond acceptors (Lipinski definition) is 6. The number of carbonyl (C=O) groups excluding carboxylic acids is 1. The van der Waals surface area contributed by atoms with Crippen LogP contribution < -0.4 is 21.1 Å². The molecule has 1 aromatic carbocycles. The smallest absolute Gasteiger partial charge is 0.320 e. The molecule has 0 aliphatic rings. The van der Waals surface area contributed by atoms with Crippen LogP contribution >= 0.6 is 23.2 Å². The number of hydrogen-bond donors (Lipinski definition) is 3. The second-order valence-corrected chi connectivity index (χ2v) is 6.06. The quantitative estimate of drug-likeness (QED) is 0.661. The Morgan fingerprint density at radius 3 is 2.76 bits per heavy atom. The van der Waals surface area contributed by atoms with Crippen LogP contribution in [-0.2, 0) is 0 Å². The number of benzene rings is 1.